The van der Waals surface area contributed by atoms with E-state index in [1.54, 1.807) is 47.4 Å². The molecule has 2 aromatic heterocycles. The minimum absolute atomic E-state index is 0.101. The third-order valence-corrected chi connectivity index (χ3v) is 5.06. The van der Waals surface area contributed by atoms with Gasteiger partial charge in [0.25, 0.3) is 5.91 Å². The van der Waals surface area contributed by atoms with E-state index in [9.17, 15) is 9.18 Å². The van der Waals surface area contributed by atoms with Crippen molar-refractivity contribution in [2.45, 2.75) is 13.3 Å². The quantitative estimate of drug-likeness (QED) is 0.386. The van der Waals surface area contributed by atoms with Gasteiger partial charge in [-0.15, -0.1) is 0 Å². The van der Waals surface area contributed by atoms with Crippen LogP contribution < -0.4 is 10.1 Å². The Kier molecular flexibility index (Phi) is 6.34. The highest BCUT2D eigenvalue weighted by atomic mass is 79.9. The van der Waals surface area contributed by atoms with Gasteiger partial charge in [0, 0.05) is 16.9 Å². The number of rotatable bonds is 7. The van der Waals surface area contributed by atoms with Crippen molar-refractivity contribution in [3.05, 3.63) is 93.7 Å². The highest BCUT2D eigenvalue weighted by Crippen LogP contribution is 2.27. The van der Waals surface area contributed by atoms with E-state index in [4.69, 9.17) is 16.3 Å². The highest BCUT2D eigenvalue weighted by molar-refractivity contribution is 9.10. The lowest BCUT2D eigenvalue weighted by Gasteiger charge is -2.08. The number of nitrogens with zero attached hydrogens (tertiary/aromatic N) is 4. The number of carbonyl (C=O) groups is 1. The summed E-state index contributed by atoms with van der Waals surface area (Å²) in [6, 6.07) is 13.0. The van der Waals surface area contributed by atoms with E-state index < -0.39 is 0 Å². The number of carbonyl (C=O) groups excluding carboxylic acids is 1. The van der Waals surface area contributed by atoms with Crippen LogP contribution >= 0.6 is 27.5 Å². The topological polar surface area (TPSA) is 74.0 Å². The van der Waals surface area contributed by atoms with Gasteiger partial charge < -0.3 is 10.1 Å². The molecule has 31 heavy (non-hydrogen) atoms. The van der Waals surface area contributed by atoms with E-state index >= 15 is 0 Å². The van der Waals surface area contributed by atoms with Crippen LogP contribution in [0, 0.1) is 5.82 Å². The van der Waals surface area contributed by atoms with Gasteiger partial charge in [-0.05, 0) is 42.0 Å². The van der Waals surface area contributed by atoms with Gasteiger partial charge in [0.1, 0.15) is 11.6 Å². The minimum atomic E-state index is -0.373. The van der Waals surface area contributed by atoms with E-state index in [0.717, 1.165) is 10.0 Å². The Bertz CT molecular complexity index is 1210. The van der Waals surface area contributed by atoms with E-state index in [0.29, 0.717) is 23.0 Å². The summed E-state index contributed by atoms with van der Waals surface area (Å²) in [5.74, 6) is -0.149. The summed E-state index contributed by atoms with van der Waals surface area (Å²) in [4.78, 5) is 12.5. The van der Waals surface area contributed by atoms with E-state index in [2.05, 4.69) is 31.4 Å². The molecule has 0 saturated heterocycles. The second-order valence-corrected chi connectivity index (χ2v) is 7.92. The Morgan fingerprint density at radius 2 is 1.97 bits per heavy atom. The molecule has 4 aromatic rings. The van der Waals surface area contributed by atoms with Gasteiger partial charge in [0.2, 0.25) is 0 Å². The monoisotopic (exact) mass is 503 g/mol. The summed E-state index contributed by atoms with van der Waals surface area (Å²) < 4.78 is 22.6. The van der Waals surface area contributed by atoms with Crippen molar-refractivity contribution in [3.63, 3.8) is 0 Å². The fraction of sp³-hybridized carbons (Fsp3) is 0.0952. The molecule has 158 valence electrons. The SMILES string of the molecule is O=C(Nc1cnn(Cc2ccc(F)cc2)c1)c1ccn(COc2ccc(Br)cc2Cl)n1. The molecule has 0 atom stereocenters. The molecular weight excluding hydrogens is 489 g/mol. The Balaban J connectivity index is 1.33. The molecule has 0 bridgehead atoms. The second-order valence-electron chi connectivity index (χ2n) is 6.60. The van der Waals surface area contributed by atoms with Crippen LogP contribution in [0.15, 0.2) is 71.6 Å². The van der Waals surface area contributed by atoms with Crippen LogP contribution in [0.2, 0.25) is 5.02 Å². The number of amides is 1. The predicted octanol–water partition coefficient (Wildman–Crippen LogP) is 4.97. The van der Waals surface area contributed by atoms with Crippen molar-refractivity contribution in [2.24, 2.45) is 0 Å². The molecule has 10 heteroatoms. The molecule has 0 aliphatic heterocycles. The molecule has 2 aromatic carbocycles. The van der Waals surface area contributed by atoms with Crippen molar-refractivity contribution in [3.8, 4) is 5.75 Å². The van der Waals surface area contributed by atoms with Gasteiger partial charge in [0.15, 0.2) is 12.4 Å². The van der Waals surface area contributed by atoms with Crippen LogP contribution in [0.25, 0.3) is 0 Å². The summed E-state index contributed by atoms with van der Waals surface area (Å²) in [5.41, 5.74) is 1.66. The molecule has 0 spiro atoms. The maximum absolute atomic E-state index is 13.0. The summed E-state index contributed by atoms with van der Waals surface area (Å²) in [5, 5.41) is 11.6. The number of benzene rings is 2. The lowest BCUT2D eigenvalue weighted by atomic mass is 10.2. The van der Waals surface area contributed by atoms with Gasteiger partial charge >= 0.3 is 0 Å². The Morgan fingerprint density at radius 1 is 1.16 bits per heavy atom. The Hall–Kier alpha value is -3.17. The maximum atomic E-state index is 13.0. The first-order valence-electron chi connectivity index (χ1n) is 9.16. The minimum Gasteiger partial charge on any atom is -0.470 e. The molecule has 1 N–H and O–H groups in total. The fourth-order valence-electron chi connectivity index (χ4n) is 2.77. The van der Waals surface area contributed by atoms with Crippen LogP contribution in [-0.4, -0.2) is 25.5 Å². The molecule has 7 nitrogen and oxygen atoms in total. The zero-order valence-corrected chi connectivity index (χ0v) is 18.3. The third kappa shape index (κ3) is 5.50. The first-order valence-corrected chi connectivity index (χ1v) is 10.3. The molecule has 0 aliphatic carbocycles. The van der Waals surface area contributed by atoms with Gasteiger partial charge in [-0.1, -0.05) is 39.7 Å². The van der Waals surface area contributed by atoms with Crippen molar-refractivity contribution < 1.29 is 13.9 Å². The van der Waals surface area contributed by atoms with Crippen molar-refractivity contribution in [2.75, 3.05) is 5.32 Å². The van der Waals surface area contributed by atoms with Crippen LogP contribution in [0.5, 0.6) is 5.75 Å². The van der Waals surface area contributed by atoms with Crippen LogP contribution in [-0.2, 0) is 13.3 Å². The smallest absolute Gasteiger partial charge is 0.276 e. The van der Waals surface area contributed by atoms with Crippen molar-refractivity contribution in [1.82, 2.24) is 19.6 Å². The molecule has 0 unspecified atom stereocenters. The predicted molar refractivity (Wildman–Crippen MR) is 118 cm³/mol. The van der Waals surface area contributed by atoms with Gasteiger partial charge in [-0.3, -0.25) is 9.48 Å². The normalized spacial score (nSPS) is 10.8. The van der Waals surface area contributed by atoms with E-state index in [1.807, 2.05) is 6.07 Å². The van der Waals surface area contributed by atoms with Crippen molar-refractivity contribution in [1.29, 1.82) is 0 Å². The molecule has 1 amide bonds. The van der Waals surface area contributed by atoms with Crippen LogP contribution in [0.4, 0.5) is 10.1 Å². The van der Waals surface area contributed by atoms with Crippen LogP contribution in [0.3, 0.4) is 0 Å². The molecule has 0 radical (unpaired) electrons. The number of halogens is 3. The standard InChI is InChI=1S/C21H16BrClFN5O2/c22-15-3-6-20(18(23)9-15)31-13-28-8-7-19(27-28)21(30)26-17-10-25-29(12-17)11-14-1-4-16(24)5-2-14/h1-10,12H,11,13H2,(H,26,30). The van der Waals surface area contributed by atoms with E-state index in [-0.39, 0.29) is 24.1 Å². The molecule has 4 rings (SSSR count). The fourth-order valence-corrected chi connectivity index (χ4v) is 3.50. The summed E-state index contributed by atoms with van der Waals surface area (Å²) in [6.07, 6.45) is 4.87. The first kappa shape index (κ1) is 21.1. The molecule has 0 saturated carbocycles. The number of hydrogen-bond donors (Lipinski definition) is 1. The Morgan fingerprint density at radius 3 is 2.74 bits per heavy atom. The lowest BCUT2D eigenvalue weighted by Crippen LogP contribution is -2.14. The lowest BCUT2D eigenvalue weighted by molar-refractivity contribution is 0.102. The number of aromatic nitrogens is 4. The zero-order chi connectivity index (χ0) is 21.8. The first-order chi connectivity index (χ1) is 15.0. The molecule has 0 aliphatic rings. The van der Waals surface area contributed by atoms with Gasteiger partial charge in [0.05, 0.1) is 23.5 Å². The average molecular weight is 505 g/mol. The molecule has 0 fully saturated rings. The summed E-state index contributed by atoms with van der Waals surface area (Å²) in [6.45, 7) is 0.560. The molecule has 2 heterocycles. The number of hydrogen-bond acceptors (Lipinski definition) is 4. The van der Waals surface area contributed by atoms with E-state index in [1.165, 1.54) is 23.0 Å². The summed E-state index contributed by atoms with van der Waals surface area (Å²) >= 11 is 9.47. The van der Waals surface area contributed by atoms with Crippen molar-refractivity contribution >= 4 is 39.1 Å². The van der Waals surface area contributed by atoms with Gasteiger partial charge in [-0.2, -0.15) is 10.2 Å². The largest absolute Gasteiger partial charge is 0.470 e. The number of anilines is 1. The molecular formula is C21H16BrClFN5O2. The summed E-state index contributed by atoms with van der Waals surface area (Å²) in [7, 11) is 0. The maximum Gasteiger partial charge on any atom is 0.276 e. The number of ether oxygens (including phenoxy) is 1. The Labute approximate surface area is 190 Å². The number of nitrogens with one attached hydrogen (secondary N) is 1. The highest BCUT2D eigenvalue weighted by Gasteiger charge is 2.12. The second kappa shape index (κ2) is 9.32. The van der Waals surface area contributed by atoms with Crippen LogP contribution in [0.1, 0.15) is 16.1 Å². The van der Waals surface area contributed by atoms with Gasteiger partial charge in [-0.25, -0.2) is 9.07 Å². The average Bonchev–Trinajstić information content (AvgIpc) is 3.39. The zero-order valence-electron chi connectivity index (χ0n) is 16.0. The third-order valence-electron chi connectivity index (χ3n) is 4.27.